The zero-order valence-electron chi connectivity index (χ0n) is 6.77. The smallest absolute Gasteiger partial charge is 0.316 e. The Hall–Kier alpha value is -1.08. The van der Waals surface area contributed by atoms with Gasteiger partial charge in [0.25, 0.3) is 0 Å². The zero-order valence-corrected chi connectivity index (χ0v) is 7.58. The monoisotopic (exact) mass is 203 g/mol. The highest BCUT2D eigenvalue weighted by Gasteiger charge is 2.04. The molecule has 2 N–H and O–H groups in total. The number of aliphatic hydroxyl groups excluding tert-OH is 1. The van der Waals surface area contributed by atoms with Crippen molar-refractivity contribution in [2.45, 2.75) is 5.16 Å². The summed E-state index contributed by atoms with van der Waals surface area (Å²) in [7, 11) is 0. The van der Waals surface area contributed by atoms with E-state index in [0.717, 1.165) is 0 Å². The number of aromatic nitrogens is 3. The average Bonchev–Trinajstić information content (AvgIpc) is 2.64. The fourth-order valence-corrected chi connectivity index (χ4v) is 1.17. The first-order chi connectivity index (χ1) is 6.33. The molecule has 1 aromatic rings. The van der Waals surface area contributed by atoms with Crippen LogP contribution < -0.4 is 0 Å². The summed E-state index contributed by atoms with van der Waals surface area (Å²) in [6.45, 7) is -0.117. The van der Waals surface area contributed by atoms with E-state index in [1.165, 1.54) is 18.1 Å². The minimum absolute atomic E-state index is 0.0375. The molecule has 6 nitrogen and oxygen atoms in total. The van der Waals surface area contributed by atoms with E-state index in [1.807, 2.05) is 0 Å². The van der Waals surface area contributed by atoms with Crippen LogP contribution in [0.4, 0.5) is 0 Å². The van der Waals surface area contributed by atoms with Crippen LogP contribution in [-0.2, 0) is 9.53 Å². The molecule has 0 atom stereocenters. The maximum absolute atomic E-state index is 10.9. The topological polar surface area (TPSA) is 88.1 Å². The molecule has 1 aromatic heterocycles. The van der Waals surface area contributed by atoms with Gasteiger partial charge >= 0.3 is 5.97 Å². The summed E-state index contributed by atoms with van der Waals surface area (Å²) in [6.07, 6.45) is 1.36. The first-order valence-corrected chi connectivity index (χ1v) is 4.56. The number of esters is 1. The molecule has 1 heterocycles. The molecular formula is C6H9N3O3S. The quantitative estimate of drug-likeness (QED) is 0.492. The van der Waals surface area contributed by atoms with Crippen molar-refractivity contribution >= 4 is 17.7 Å². The van der Waals surface area contributed by atoms with E-state index in [1.54, 1.807) is 0 Å². The van der Waals surface area contributed by atoms with Gasteiger partial charge in [-0.1, -0.05) is 11.8 Å². The number of aliphatic hydroxyl groups is 1. The Morgan fingerprint density at radius 3 is 3.23 bits per heavy atom. The summed E-state index contributed by atoms with van der Waals surface area (Å²) in [5.74, 6) is -0.217. The van der Waals surface area contributed by atoms with E-state index in [0.29, 0.717) is 5.16 Å². The molecule has 0 amide bonds. The number of aromatic amines is 1. The summed E-state index contributed by atoms with van der Waals surface area (Å²) >= 11 is 1.20. The summed E-state index contributed by atoms with van der Waals surface area (Å²) in [5.41, 5.74) is 0. The standard InChI is InChI=1S/C6H9N3O3S/c10-1-2-12-5(11)3-13-6-7-4-8-9-6/h4,10H,1-3H2,(H,7,8,9). The third-order valence-corrected chi connectivity index (χ3v) is 1.92. The van der Waals surface area contributed by atoms with E-state index in [2.05, 4.69) is 19.9 Å². The van der Waals surface area contributed by atoms with Gasteiger partial charge in [-0.25, -0.2) is 4.98 Å². The Bertz CT molecular complexity index is 252. The van der Waals surface area contributed by atoms with Crippen LogP contribution in [0, 0.1) is 0 Å². The average molecular weight is 203 g/mol. The minimum atomic E-state index is -0.379. The predicted octanol–water partition coefficient (Wildman–Crippen LogP) is -0.568. The highest BCUT2D eigenvalue weighted by atomic mass is 32.2. The molecule has 0 fully saturated rings. The lowest BCUT2D eigenvalue weighted by molar-refractivity contribution is -0.141. The van der Waals surface area contributed by atoms with Gasteiger partial charge < -0.3 is 9.84 Å². The van der Waals surface area contributed by atoms with E-state index in [4.69, 9.17) is 5.11 Å². The van der Waals surface area contributed by atoms with Crippen LogP contribution in [-0.4, -0.2) is 45.2 Å². The van der Waals surface area contributed by atoms with Gasteiger partial charge in [-0.15, -0.1) is 0 Å². The summed E-state index contributed by atoms with van der Waals surface area (Å²) < 4.78 is 4.62. The molecule has 7 heteroatoms. The van der Waals surface area contributed by atoms with Gasteiger partial charge in [0.1, 0.15) is 12.9 Å². The van der Waals surface area contributed by atoms with E-state index in [9.17, 15) is 4.79 Å². The van der Waals surface area contributed by atoms with Crippen molar-refractivity contribution < 1.29 is 14.6 Å². The first kappa shape index (κ1) is 10.0. The van der Waals surface area contributed by atoms with E-state index >= 15 is 0 Å². The maximum Gasteiger partial charge on any atom is 0.316 e. The van der Waals surface area contributed by atoms with Crippen LogP contribution in [0.5, 0.6) is 0 Å². The van der Waals surface area contributed by atoms with Gasteiger partial charge in [0.05, 0.1) is 12.4 Å². The van der Waals surface area contributed by atoms with Crippen molar-refractivity contribution in [1.82, 2.24) is 15.2 Å². The third-order valence-electron chi connectivity index (χ3n) is 1.07. The Morgan fingerprint density at radius 2 is 2.62 bits per heavy atom. The maximum atomic E-state index is 10.9. The fourth-order valence-electron chi connectivity index (χ4n) is 0.592. The van der Waals surface area contributed by atoms with E-state index < -0.39 is 0 Å². The number of carbonyl (C=O) groups excluding carboxylic acids is 1. The molecule has 0 saturated heterocycles. The van der Waals surface area contributed by atoms with Crippen LogP contribution in [0.2, 0.25) is 0 Å². The molecule has 0 saturated carbocycles. The number of H-pyrrole nitrogens is 1. The minimum Gasteiger partial charge on any atom is -0.463 e. The molecule has 0 radical (unpaired) electrons. The molecule has 13 heavy (non-hydrogen) atoms. The van der Waals surface area contributed by atoms with Gasteiger partial charge in [-0.05, 0) is 0 Å². The Labute approximate surface area is 78.7 Å². The third kappa shape index (κ3) is 3.90. The molecule has 0 aliphatic heterocycles. The molecule has 0 aliphatic carbocycles. The van der Waals surface area contributed by atoms with Crippen molar-refractivity contribution in [3.8, 4) is 0 Å². The highest BCUT2D eigenvalue weighted by Crippen LogP contribution is 2.10. The molecule has 0 bridgehead atoms. The second-order valence-electron chi connectivity index (χ2n) is 2.02. The zero-order chi connectivity index (χ0) is 9.52. The lowest BCUT2D eigenvalue weighted by atomic mass is 10.7. The number of ether oxygens (including phenoxy) is 1. The van der Waals surface area contributed by atoms with Crippen molar-refractivity contribution in [3.05, 3.63) is 6.33 Å². The molecular weight excluding hydrogens is 194 g/mol. The summed E-state index contributed by atoms with van der Waals surface area (Å²) in [4.78, 5) is 14.7. The van der Waals surface area contributed by atoms with Crippen LogP contribution in [0.15, 0.2) is 11.5 Å². The molecule has 72 valence electrons. The van der Waals surface area contributed by atoms with Gasteiger partial charge in [0.15, 0.2) is 5.16 Å². The van der Waals surface area contributed by atoms with E-state index in [-0.39, 0.29) is 24.9 Å². The van der Waals surface area contributed by atoms with Gasteiger partial charge in [0.2, 0.25) is 0 Å². The van der Waals surface area contributed by atoms with Crippen LogP contribution in [0.25, 0.3) is 0 Å². The van der Waals surface area contributed by atoms with Crippen molar-refractivity contribution in [3.63, 3.8) is 0 Å². The lowest BCUT2D eigenvalue weighted by Crippen LogP contribution is -2.10. The largest absolute Gasteiger partial charge is 0.463 e. The van der Waals surface area contributed by atoms with Gasteiger partial charge in [-0.3, -0.25) is 9.89 Å². The molecule has 0 aliphatic rings. The highest BCUT2D eigenvalue weighted by molar-refractivity contribution is 7.99. The molecule has 0 spiro atoms. The van der Waals surface area contributed by atoms with Crippen LogP contribution in [0.1, 0.15) is 0 Å². The van der Waals surface area contributed by atoms with Gasteiger partial charge in [-0.2, -0.15) is 5.10 Å². The Morgan fingerprint density at radius 1 is 1.77 bits per heavy atom. The predicted molar refractivity (Wildman–Crippen MR) is 45.2 cm³/mol. The molecule has 1 rings (SSSR count). The summed E-state index contributed by atoms with van der Waals surface area (Å²) in [6, 6.07) is 0. The SMILES string of the molecule is O=C(CSc1ncn[nH]1)OCCO. The summed E-state index contributed by atoms with van der Waals surface area (Å²) in [5, 5.41) is 15.1. The van der Waals surface area contributed by atoms with Crippen LogP contribution >= 0.6 is 11.8 Å². The van der Waals surface area contributed by atoms with Crippen molar-refractivity contribution in [2.24, 2.45) is 0 Å². The van der Waals surface area contributed by atoms with Crippen molar-refractivity contribution in [2.75, 3.05) is 19.0 Å². The van der Waals surface area contributed by atoms with Gasteiger partial charge in [0, 0.05) is 0 Å². The number of hydrogen-bond donors (Lipinski definition) is 2. The van der Waals surface area contributed by atoms with Crippen LogP contribution in [0.3, 0.4) is 0 Å². The van der Waals surface area contributed by atoms with Crippen molar-refractivity contribution in [1.29, 1.82) is 0 Å². The second-order valence-corrected chi connectivity index (χ2v) is 2.99. The normalized spacial score (nSPS) is 9.92. The number of thioether (sulfide) groups is 1. The fraction of sp³-hybridized carbons (Fsp3) is 0.500. The molecule has 0 unspecified atom stereocenters. The lowest BCUT2D eigenvalue weighted by Gasteiger charge is -1.99. The number of nitrogens with one attached hydrogen (secondary N) is 1. The number of carbonyl (C=O) groups is 1. The number of rotatable bonds is 5. The first-order valence-electron chi connectivity index (χ1n) is 3.57. The number of hydrogen-bond acceptors (Lipinski definition) is 6. The Balaban J connectivity index is 2.15. The second kappa shape index (κ2) is 5.55. The number of nitrogens with zero attached hydrogens (tertiary/aromatic N) is 2. The molecule has 0 aromatic carbocycles. The Kier molecular flexibility index (Phi) is 4.27.